The number of benzene rings is 2. The lowest BCUT2D eigenvalue weighted by Gasteiger charge is -2.31. The SMILES string of the molecule is Cn1nc2cc(C(=O)N3CCC(F)(F)CC3)ccc2c1-c1ccc2c(=O)[nH]ccc2c1. The van der Waals surface area contributed by atoms with Crippen LogP contribution in [0.25, 0.3) is 32.9 Å². The molecule has 1 aliphatic rings. The summed E-state index contributed by atoms with van der Waals surface area (Å²) in [6.45, 7) is 0.0983. The van der Waals surface area contributed by atoms with Gasteiger partial charge in [-0.25, -0.2) is 8.78 Å². The van der Waals surface area contributed by atoms with E-state index >= 15 is 0 Å². The number of aromatic nitrogens is 3. The molecule has 0 radical (unpaired) electrons. The number of fused-ring (bicyclic) bond motifs is 2. The highest BCUT2D eigenvalue weighted by Gasteiger charge is 2.35. The third kappa shape index (κ3) is 3.37. The Morgan fingerprint density at radius 3 is 2.58 bits per heavy atom. The van der Waals surface area contributed by atoms with Crippen molar-refractivity contribution >= 4 is 27.6 Å². The van der Waals surface area contributed by atoms with E-state index in [-0.39, 0.29) is 37.4 Å². The zero-order valence-corrected chi connectivity index (χ0v) is 16.9. The Hall–Kier alpha value is -3.55. The van der Waals surface area contributed by atoms with Crippen LogP contribution in [0.15, 0.2) is 53.5 Å². The Morgan fingerprint density at radius 1 is 1.06 bits per heavy atom. The molecule has 5 rings (SSSR count). The second kappa shape index (κ2) is 7.01. The summed E-state index contributed by atoms with van der Waals surface area (Å²) in [6.07, 6.45) is 1.00. The van der Waals surface area contributed by atoms with Gasteiger partial charge in [0.15, 0.2) is 0 Å². The van der Waals surface area contributed by atoms with Crippen molar-refractivity contribution in [2.24, 2.45) is 7.05 Å². The molecule has 8 heteroatoms. The Labute approximate surface area is 176 Å². The molecule has 1 fully saturated rings. The van der Waals surface area contributed by atoms with E-state index in [1.54, 1.807) is 29.1 Å². The summed E-state index contributed by atoms with van der Waals surface area (Å²) in [5, 5.41) is 6.86. The Balaban J connectivity index is 1.51. The highest BCUT2D eigenvalue weighted by atomic mass is 19.3. The van der Waals surface area contributed by atoms with Gasteiger partial charge in [-0.1, -0.05) is 6.07 Å². The summed E-state index contributed by atoms with van der Waals surface area (Å²) < 4.78 is 28.6. The summed E-state index contributed by atoms with van der Waals surface area (Å²) in [5.41, 5.74) is 2.72. The van der Waals surface area contributed by atoms with Gasteiger partial charge in [-0.3, -0.25) is 14.3 Å². The number of nitrogens with zero attached hydrogens (tertiary/aromatic N) is 3. The van der Waals surface area contributed by atoms with E-state index in [4.69, 9.17) is 0 Å². The highest BCUT2D eigenvalue weighted by Crippen LogP contribution is 2.32. The van der Waals surface area contributed by atoms with E-state index in [2.05, 4.69) is 10.1 Å². The molecule has 4 aromatic rings. The molecule has 0 saturated carbocycles. The van der Waals surface area contributed by atoms with Gasteiger partial charge in [-0.15, -0.1) is 0 Å². The molecule has 158 valence electrons. The second-order valence-corrected chi connectivity index (χ2v) is 7.96. The van der Waals surface area contributed by atoms with E-state index in [1.165, 1.54) is 4.90 Å². The number of halogens is 2. The largest absolute Gasteiger partial charge is 0.338 e. The fraction of sp³-hybridized carbons (Fsp3) is 0.261. The Bertz CT molecular complexity index is 1380. The highest BCUT2D eigenvalue weighted by molar-refractivity contribution is 6.01. The first-order valence-electron chi connectivity index (χ1n) is 10.1. The normalized spacial score (nSPS) is 16.2. The van der Waals surface area contributed by atoms with Crippen molar-refractivity contribution in [3.8, 4) is 11.3 Å². The van der Waals surface area contributed by atoms with Crippen LogP contribution in [0.5, 0.6) is 0 Å². The maximum absolute atomic E-state index is 13.4. The fourth-order valence-electron chi connectivity index (χ4n) is 4.24. The van der Waals surface area contributed by atoms with Crippen LogP contribution in [-0.4, -0.2) is 44.6 Å². The van der Waals surface area contributed by atoms with Crippen molar-refractivity contribution in [3.63, 3.8) is 0 Å². The van der Waals surface area contributed by atoms with Crippen LogP contribution in [0.4, 0.5) is 8.78 Å². The van der Waals surface area contributed by atoms with Crippen molar-refractivity contribution in [2.45, 2.75) is 18.8 Å². The number of aryl methyl sites for hydroxylation is 1. The van der Waals surface area contributed by atoms with Gasteiger partial charge in [0, 0.05) is 61.1 Å². The van der Waals surface area contributed by atoms with E-state index < -0.39 is 5.92 Å². The lowest BCUT2D eigenvalue weighted by molar-refractivity contribution is -0.0494. The molecule has 1 saturated heterocycles. The Morgan fingerprint density at radius 2 is 1.81 bits per heavy atom. The van der Waals surface area contributed by atoms with Gasteiger partial charge in [0.25, 0.3) is 17.4 Å². The topological polar surface area (TPSA) is 71.0 Å². The lowest BCUT2D eigenvalue weighted by atomic mass is 10.0. The number of amides is 1. The standard InChI is InChI=1S/C23H20F2N4O2/c1-28-20(15-2-4-17-14(12-15)6-9-26-21(17)30)18-5-3-16(13-19(18)27-28)22(31)29-10-7-23(24,25)8-11-29/h2-6,9,12-13H,7-8,10-11H2,1H3,(H,26,30). The van der Waals surface area contributed by atoms with E-state index in [0.717, 1.165) is 22.0 Å². The first-order valence-corrected chi connectivity index (χ1v) is 10.1. The molecule has 3 heterocycles. The molecule has 0 spiro atoms. The number of H-pyrrole nitrogens is 1. The number of piperidine rings is 1. The number of hydrogen-bond acceptors (Lipinski definition) is 3. The van der Waals surface area contributed by atoms with Gasteiger partial charge < -0.3 is 9.88 Å². The van der Waals surface area contributed by atoms with E-state index in [9.17, 15) is 18.4 Å². The van der Waals surface area contributed by atoms with Crippen LogP contribution >= 0.6 is 0 Å². The third-order valence-corrected chi connectivity index (χ3v) is 5.91. The molecular weight excluding hydrogens is 402 g/mol. The molecule has 2 aromatic carbocycles. The first kappa shape index (κ1) is 19.4. The molecule has 2 aromatic heterocycles. The van der Waals surface area contributed by atoms with Gasteiger partial charge >= 0.3 is 0 Å². The molecule has 1 N–H and O–H groups in total. The molecule has 31 heavy (non-hydrogen) atoms. The van der Waals surface area contributed by atoms with Crippen LogP contribution in [-0.2, 0) is 7.05 Å². The average Bonchev–Trinajstić information content (AvgIpc) is 3.08. The minimum Gasteiger partial charge on any atom is -0.338 e. The van der Waals surface area contributed by atoms with Crippen molar-refractivity contribution < 1.29 is 13.6 Å². The smallest absolute Gasteiger partial charge is 0.255 e. The van der Waals surface area contributed by atoms with E-state index in [0.29, 0.717) is 16.5 Å². The van der Waals surface area contributed by atoms with Crippen molar-refractivity contribution in [3.05, 3.63) is 64.6 Å². The molecule has 1 aliphatic heterocycles. The molecular formula is C23H20F2N4O2. The average molecular weight is 422 g/mol. The van der Waals surface area contributed by atoms with Crippen LogP contribution in [0.3, 0.4) is 0 Å². The number of hydrogen-bond donors (Lipinski definition) is 1. The number of aromatic amines is 1. The Kier molecular flexibility index (Phi) is 4.39. The quantitative estimate of drug-likeness (QED) is 0.532. The number of nitrogens with one attached hydrogen (secondary N) is 1. The van der Waals surface area contributed by atoms with Crippen LogP contribution < -0.4 is 5.56 Å². The molecule has 0 unspecified atom stereocenters. The monoisotopic (exact) mass is 422 g/mol. The van der Waals surface area contributed by atoms with Crippen molar-refractivity contribution in [1.82, 2.24) is 19.7 Å². The minimum absolute atomic E-state index is 0.0492. The van der Waals surface area contributed by atoms with Crippen LogP contribution in [0, 0.1) is 0 Å². The summed E-state index contributed by atoms with van der Waals surface area (Å²) in [4.78, 5) is 28.9. The van der Waals surface area contributed by atoms with Gasteiger partial charge in [-0.05, 0) is 41.8 Å². The molecule has 0 atom stereocenters. The number of carbonyl (C=O) groups is 1. The zero-order chi connectivity index (χ0) is 21.8. The summed E-state index contributed by atoms with van der Waals surface area (Å²) in [7, 11) is 1.82. The maximum atomic E-state index is 13.4. The molecule has 0 aliphatic carbocycles. The molecule has 0 bridgehead atoms. The van der Waals surface area contributed by atoms with Crippen LogP contribution in [0.1, 0.15) is 23.2 Å². The van der Waals surface area contributed by atoms with Crippen molar-refractivity contribution in [2.75, 3.05) is 13.1 Å². The fourth-order valence-corrected chi connectivity index (χ4v) is 4.24. The molecule has 1 amide bonds. The number of rotatable bonds is 2. The van der Waals surface area contributed by atoms with Gasteiger partial charge in [0.1, 0.15) is 0 Å². The maximum Gasteiger partial charge on any atom is 0.255 e. The van der Waals surface area contributed by atoms with Crippen molar-refractivity contribution in [1.29, 1.82) is 0 Å². The minimum atomic E-state index is -2.69. The lowest BCUT2D eigenvalue weighted by Crippen LogP contribution is -2.42. The number of pyridine rings is 1. The number of carbonyl (C=O) groups excluding carboxylic acids is 1. The number of alkyl halides is 2. The van der Waals surface area contributed by atoms with Gasteiger partial charge in [0.05, 0.1) is 11.2 Å². The van der Waals surface area contributed by atoms with Crippen LogP contribution in [0.2, 0.25) is 0 Å². The summed E-state index contributed by atoms with van der Waals surface area (Å²) >= 11 is 0. The number of likely N-dealkylation sites (tertiary alicyclic amines) is 1. The zero-order valence-electron chi connectivity index (χ0n) is 16.9. The van der Waals surface area contributed by atoms with Gasteiger partial charge in [-0.2, -0.15) is 5.10 Å². The van der Waals surface area contributed by atoms with Gasteiger partial charge in [0.2, 0.25) is 0 Å². The molecule has 6 nitrogen and oxygen atoms in total. The van der Waals surface area contributed by atoms with E-state index in [1.807, 2.05) is 31.3 Å². The first-order chi connectivity index (χ1) is 14.8. The predicted molar refractivity (Wildman–Crippen MR) is 114 cm³/mol. The summed E-state index contributed by atoms with van der Waals surface area (Å²) in [5.74, 6) is -2.95. The summed E-state index contributed by atoms with van der Waals surface area (Å²) in [6, 6.07) is 12.7. The predicted octanol–water partition coefficient (Wildman–Crippen LogP) is 3.95. The second-order valence-electron chi connectivity index (χ2n) is 7.96. The third-order valence-electron chi connectivity index (χ3n) is 5.91.